The summed E-state index contributed by atoms with van der Waals surface area (Å²) >= 11 is 1.08. The molecule has 32 heavy (non-hydrogen) atoms. The Morgan fingerprint density at radius 1 is 1.09 bits per heavy atom. The minimum Gasteiger partial charge on any atom is -0.507 e. The number of rotatable bonds is 6. The summed E-state index contributed by atoms with van der Waals surface area (Å²) in [6, 6.07) is 11.2. The maximum Gasteiger partial charge on any atom is 0.342 e. The van der Waals surface area contributed by atoms with E-state index in [0.29, 0.717) is 0 Å². The van der Waals surface area contributed by atoms with Crippen LogP contribution in [0.3, 0.4) is 0 Å². The van der Waals surface area contributed by atoms with Crippen LogP contribution in [-0.2, 0) is 26.8 Å². The van der Waals surface area contributed by atoms with Crippen LogP contribution in [-0.4, -0.2) is 19.5 Å². The Kier molecular flexibility index (Phi) is 6.67. The highest BCUT2D eigenvalue weighted by molar-refractivity contribution is 7.94. The summed E-state index contributed by atoms with van der Waals surface area (Å²) in [5, 5.41) is 11.8. The lowest BCUT2D eigenvalue weighted by atomic mass is 9.84. The Balaban J connectivity index is 1.78. The fraction of sp³-hybridized carbons (Fsp3) is 0.292. The number of benzene rings is 2. The van der Waals surface area contributed by atoms with Gasteiger partial charge in [-0.05, 0) is 71.2 Å². The topological polar surface area (TPSA) is 92.7 Å². The van der Waals surface area contributed by atoms with Gasteiger partial charge in [0, 0.05) is 5.69 Å². The zero-order chi connectivity index (χ0) is 23.7. The van der Waals surface area contributed by atoms with Crippen molar-refractivity contribution < 1.29 is 23.1 Å². The molecule has 0 atom stereocenters. The van der Waals surface area contributed by atoms with Gasteiger partial charge in [0.25, 0.3) is 10.0 Å². The number of carbonyl (C=O) groups excluding carboxylic acids is 1. The number of anilines is 1. The zero-order valence-electron chi connectivity index (χ0n) is 18.7. The normalized spacial score (nSPS) is 11.9. The molecule has 8 heteroatoms. The summed E-state index contributed by atoms with van der Waals surface area (Å²) in [5.74, 6) is -1.02. The number of hydrogen-bond acceptors (Lipinski definition) is 6. The molecule has 0 amide bonds. The highest BCUT2D eigenvalue weighted by Crippen LogP contribution is 2.29. The molecule has 0 fully saturated rings. The number of aromatic hydroxyl groups is 1. The average Bonchev–Trinajstić information content (AvgIpc) is 3.23. The van der Waals surface area contributed by atoms with Gasteiger partial charge in [0.15, 0.2) is 0 Å². The van der Waals surface area contributed by atoms with Crippen LogP contribution in [0.2, 0.25) is 0 Å². The number of nitrogens with one attached hydrogen (secondary N) is 1. The van der Waals surface area contributed by atoms with Crippen molar-refractivity contribution in [3.05, 3.63) is 75.7 Å². The van der Waals surface area contributed by atoms with Gasteiger partial charge < -0.3 is 9.84 Å². The Labute approximate surface area is 192 Å². The summed E-state index contributed by atoms with van der Waals surface area (Å²) < 4.78 is 32.9. The molecule has 0 saturated heterocycles. The standard InChI is InChI=1S/C24H27NO5S2/c1-15-11-17(24(3,4)5)12-16(2)20(15)14-30-23(27)19-13-18(8-9-21(19)26)25-32(28,29)22-7-6-10-31-22/h6-13,25-26H,14H2,1-5H3. The van der Waals surface area contributed by atoms with E-state index in [1.165, 1.54) is 29.8 Å². The first kappa shape index (κ1) is 23.8. The fourth-order valence-electron chi connectivity index (χ4n) is 3.25. The van der Waals surface area contributed by atoms with Crippen LogP contribution in [0.5, 0.6) is 5.75 Å². The first-order valence-electron chi connectivity index (χ1n) is 10.1. The van der Waals surface area contributed by atoms with Crippen LogP contribution >= 0.6 is 11.3 Å². The zero-order valence-corrected chi connectivity index (χ0v) is 20.4. The number of thiophene rings is 1. The van der Waals surface area contributed by atoms with Crippen LogP contribution in [0.1, 0.15) is 53.4 Å². The molecule has 0 bridgehead atoms. The minimum absolute atomic E-state index is 0.00735. The van der Waals surface area contributed by atoms with E-state index in [-0.39, 0.29) is 33.2 Å². The molecule has 6 nitrogen and oxygen atoms in total. The van der Waals surface area contributed by atoms with Crippen LogP contribution in [0.25, 0.3) is 0 Å². The first-order chi connectivity index (χ1) is 14.9. The lowest BCUT2D eigenvalue weighted by Crippen LogP contribution is -2.14. The molecule has 2 aromatic carbocycles. The van der Waals surface area contributed by atoms with Crippen LogP contribution < -0.4 is 4.72 Å². The van der Waals surface area contributed by atoms with Gasteiger partial charge in [-0.25, -0.2) is 13.2 Å². The Hall–Kier alpha value is -2.84. The number of sulfonamides is 1. The number of hydrogen-bond donors (Lipinski definition) is 2. The van der Waals surface area contributed by atoms with Crippen molar-refractivity contribution in [3.8, 4) is 5.75 Å². The number of ether oxygens (including phenoxy) is 1. The van der Waals surface area contributed by atoms with Crippen LogP contribution in [0, 0.1) is 13.8 Å². The lowest BCUT2D eigenvalue weighted by molar-refractivity contribution is 0.0468. The summed E-state index contributed by atoms with van der Waals surface area (Å²) in [5.41, 5.74) is 4.19. The van der Waals surface area contributed by atoms with Crippen LogP contribution in [0.15, 0.2) is 52.1 Å². The third kappa shape index (κ3) is 5.31. The molecule has 0 radical (unpaired) electrons. The Bertz CT molecular complexity index is 1220. The molecule has 0 unspecified atom stereocenters. The van der Waals surface area contributed by atoms with Crippen molar-refractivity contribution in [1.82, 2.24) is 0 Å². The van der Waals surface area contributed by atoms with E-state index >= 15 is 0 Å². The molecular weight excluding hydrogens is 446 g/mol. The summed E-state index contributed by atoms with van der Waals surface area (Å²) in [6.07, 6.45) is 0. The third-order valence-corrected chi connectivity index (χ3v) is 7.92. The quantitative estimate of drug-likeness (QED) is 0.363. The summed E-state index contributed by atoms with van der Waals surface area (Å²) in [6.45, 7) is 10.4. The molecule has 1 aromatic heterocycles. The number of phenols is 1. The molecule has 1 heterocycles. The largest absolute Gasteiger partial charge is 0.507 e. The van der Waals surface area contributed by atoms with Gasteiger partial charge >= 0.3 is 5.97 Å². The summed E-state index contributed by atoms with van der Waals surface area (Å²) in [4.78, 5) is 12.7. The Morgan fingerprint density at radius 2 is 1.75 bits per heavy atom. The van der Waals surface area contributed by atoms with Gasteiger partial charge in [-0.3, -0.25) is 4.72 Å². The van der Waals surface area contributed by atoms with Crippen molar-refractivity contribution in [2.45, 2.75) is 50.8 Å². The molecule has 2 N–H and O–H groups in total. The predicted octanol–water partition coefficient (Wildman–Crippen LogP) is 5.53. The van der Waals surface area contributed by atoms with E-state index in [1.54, 1.807) is 11.4 Å². The second-order valence-corrected chi connectivity index (χ2v) is 11.5. The van der Waals surface area contributed by atoms with Gasteiger partial charge in [-0.15, -0.1) is 11.3 Å². The second-order valence-electron chi connectivity index (χ2n) is 8.68. The van der Waals surface area contributed by atoms with Crippen LogP contribution in [0.4, 0.5) is 5.69 Å². The van der Waals surface area contributed by atoms with Crippen molar-refractivity contribution in [1.29, 1.82) is 0 Å². The highest BCUT2D eigenvalue weighted by Gasteiger charge is 2.20. The first-order valence-corrected chi connectivity index (χ1v) is 12.4. The van der Waals surface area contributed by atoms with E-state index < -0.39 is 16.0 Å². The molecule has 3 rings (SSSR count). The number of carbonyl (C=O) groups is 1. The molecule has 3 aromatic rings. The Morgan fingerprint density at radius 3 is 2.31 bits per heavy atom. The van der Waals surface area contributed by atoms with E-state index in [0.717, 1.165) is 28.0 Å². The van der Waals surface area contributed by atoms with Gasteiger partial charge in [-0.2, -0.15) is 0 Å². The monoisotopic (exact) mass is 473 g/mol. The van der Waals surface area contributed by atoms with Crippen molar-refractivity contribution in [3.63, 3.8) is 0 Å². The molecule has 0 aliphatic heterocycles. The predicted molar refractivity (Wildman–Crippen MR) is 127 cm³/mol. The molecule has 0 aliphatic rings. The number of phenolic OH excluding ortho intramolecular Hbond substituents is 1. The van der Waals surface area contributed by atoms with Crippen molar-refractivity contribution in [2.75, 3.05) is 4.72 Å². The molecule has 0 aliphatic carbocycles. The maximum atomic E-state index is 12.7. The molecular formula is C24H27NO5S2. The van der Waals surface area contributed by atoms with E-state index in [9.17, 15) is 18.3 Å². The van der Waals surface area contributed by atoms with Gasteiger partial charge in [-0.1, -0.05) is 39.0 Å². The van der Waals surface area contributed by atoms with Crippen molar-refractivity contribution >= 4 is 33.0 Å². The van der Waals surface area contributed by atoms with Gasteiger partial charge in [0.1, 0.15) is 22.1 Å². The van der Waals surface area contributed by atoms with Gasteiger partial charge in [0.05, 0.1) is 0 Å². The minimum atomic E-state index is -3.77. The number of aryl methyl sites for hydroxylation is 2. The van der Waals surface area contributed by atoms with E-state index in [4.69, 9.17) is 4.74 Å². The lowest BCUT2D eigenvalue weighted by Gasteiger charge is -2.22. The fourth-order valence-corrected chi connectivity index (χ4v) is 5.30. The molecule has 0 spiro atoms. The molecule has 170 valence electrons. The average molecular weight is 474 g/mol. The van der Waals surface area contributed by atoms with E-state index in [1.807, 2.05) is 13.8 Å². The SMILES string of the molecule is Cc1cc(C(C)(C)C)cc(C)c1COC(=O)c1cc(NS(=O)(=O)c2cccs2)ccc1O. The smallest absolute Gasteiger partial charge is 0.342 e. The summed E-state index contributed by atoms with van der Waals surface area (Å²) in [7, 11) is -3.77. The second kappa shape index (κ2) is 8.96. The third-order valence-electron chi connectivity index (χ3n) is 5.14. The molecule has 0 saturated carbocycles. The highest BCUT2D eigenvalue weighted by atomic mass is 32.2. The maximum absolute atomic E-state index is 12.7. The van der Waals surface area contributed by atoms with E-state index in [2.05, 4.69) is 37.6 Å². The number of esters is 1. The van der Waals surface area contributed by atoms with Crippen molar-refractivity contribution in [2.24, 2.45) is 0 Å². The van der Waals surface area contributed by atoms with Gasteiger partial charge in [0.2, 0.25) is 0 Å².